The van der Waals surface area contributed by atoms with Gasteiger partial charge in [0.05, 0.1) is 10.0 Å². The van der Waals surface area contributed by atoms with E-state index in [1.165, 1.54) is 0 Å². The molecule has 0 spiro atoms. The zero-order chi connectivity index (χ0) is 18.5. The molecule has 6 nitrogen and oxygen atoms in total. The van der Waals surface area contributed by atoms with Gasteiger partial charge in [0.15, 0.2) is 17.2 Å². The fraction of sp³-hybridized carbons (Fsp3) is 0.444. The molecular formula is C18H21Cl2N3O3. The molecule has 0 saturated heterocycles. The number of benzene rings is 1. The summed E-state index contributed by atoms with van der Waals surface area (Å²) in [6.45, 7) is 0.639. The minimum atomic E-state index is -0.263. The summed E-state index contributed by atoms with van der Waals surface area (Å²) in [5.41, 5.74) is 6.03. The van der Waals surface area contributed by atoms with Crippen molar-refractivity contribution < 1.29 is 14.1 Å². The quantitative estimate of drug-likeness (QED) is 0.772. The van der Waals surface area contributed by atoms with Crippen LogP contribution in [0.4, 0.5) is 0 Å². The van der Waals surface area contributed by atoms with Gasteiger partial charge < -0.3 is 20.3 Å². The van der Waals surface area contributed by atoms with E-state index in [-0.39, 0.29) is 24.2 Å². The van der Waals surface area contributed by atoms with E-state index in [9.17, 15) is 4.79 Å². The minimum absolute atomic E-state index is 0.0680. The van der Waals surface area contributed by atoms with Crippen LogP contribution in [0.15, 0.2) is 28.8 Å². The van der Waals surface area contributed by atoms with Crippen molar-refractivity contribution in [3.8, 4) is 5.75 Å². The highest BCUT2D eigenvalue weighted by atomic mass is 35.5. The average molecular weight is 398 g/mol. The van der Waals surface area contributed by atoms with Crippen molar-refractivity contribution >= 4 is 29.1 Å². The van der Waals surface area contributed by atoms with Gasteiger partial charge in [-0.2, -0.15) is 0 Å². The van der Waals surface area contributed by atoms with Crippen molar-refractivity contribution in [2.45, 2.75) is 38.3 Å². The summed E-state index contributed by atoms with van der Waals surface area (Å²) in [4.78, 5) is 12.4. The third-order valence-corrected chi connectivity index (χ3v) is 5.19. The Balaban J connectivity index is 1.59. The number of rotatable bonds is 6. The van der Waals surface area contributed by atoms with Gasteiger partial charge in [-0.05, 0) is 37.4 Å². The summed E-state index contributed by atoms with van der Waals surface area (Å²) in [5, 5.41) is 7.65. The molecule has 0 bridgehead atoms. The molecule has 3 N–H and O–H groups in total. The second-order valence-corrected chi connectivity index (χ2v) is 7.19. The molecule has 1 heterocycles. The molecule has 0 radical (unpaired) electrons. The summed E-state index contributed by atoms with van der Waals surface area (Å²) >= 11 is 12.1. The lowest BCUT2D eigenvalue weighted by atomic mass is 9.84. The average Bonchev–Trinajstić information content (AvgIpc) is 3.11. The van der Waals surface area contributed by atoms with Crippen LogP contribution in [0, 0.1) is 5.92 Å². The first-order valence-corrected chi connectivity index (χ1v) is 9.37. The first kappa shape index (κ1) is 19.0. The first-order valence-electron chi connectivity index (χ1n) is 8.62. The van der Waals surface area contributed by atoms with E-state index in [1.54, 1.807) is 24.3 Å². The number of ether oxygens (including phenoxy) is 1. The number of amides is 1. The predicted octanol–water partition coefficient (Wildman–Crippen LogP) is 3.81. The van der Waals surface area contributed by atoms with Crippen LogP contribution >= 0.6 is 23.2 Å². The topological polar surface area (TPSA) is 90.4 Å². The van der Waals surface area contributed by atoms with Gasteiger partial charge in [-0.1, -0.05) is 47.3 Å². The Kier molecular flexibility index (Phi) is 6.40. The summed E-state index contributed by atoms with van der Waals surface area (Å²) in [7, 11) is 0. The molecule has 26 heavy (non-hydrogen) atoms. The van der Waals surface area contributed by atoms with Crippen molar-refractivity contribution in [3.05, 3.63) is 45.8 Å². The Bertz CT molecular complexity index is 746. The SMILES string of the molecule is NCC1CCCCC1NC(=O)c1cc(COc2c(Cl)cccc2Cl)on1. The molecule has 2 atom stereocenters. The number of carbonyl (C=O) groups is 1. The second-order valence-electron chi connectivity index (χ2n) is 6.38. The maximum absolute atomic E-state index is 12.4. The molecular weight excluding hydrogens is 377 g/mol. The van der Waals surface area contributed by atoms with Gasteiger partial charge in [0.1, 0.15) is 6.61 Å². The number of halogens is 2. The second kappa shape index (κ2) is 8.75. The molecule has 1 aromatic carbocycles. The van der Waals surface area contributed by atoms with Crippen LogP contribution in [0.1, 0.15) is 41.9 Å². The van der Waals surface area contributed by atoms with Crippen LogP contribution in [0.2, 0.25) is 10.0 Å². The van der Waals surface area contributed by atoms with Crippen LogP contribution in [0.25, 0.3) is 0 Å². The Labute approximate surface area is 162 Å². The third kappa shape index (κ3) is 4.50. The molecule has 1 aliphatic carbocycles. The van der Waals surface area contributed by atoms with Crippen molar-refractivity contribution in [2.75, 3.05) is 6.54 Å². The summed E-state index contributed by atoms with van der Waals surface area (Å²) < 4.78 is 10.8. The molecule has 2 aromatic rings. The van der Waals surface area contributed by atoms with Gasteiger partial charge in [0, 0.05) is 12.1 Å². The van der Waals surface area contributed by atoms with Crippen LogP contribution < -0.4 is 15.8 Å². The zero-order valence-electron chi connectivity index (χ0n) is 14.2. The van der Waals surface area contributed by atoms with Crippen molar-refractivity contribution in [1.82, 2.24) is 10.5 Å². The molecule has 2 unspecified atom stereocenters. The normalized spacial score (nSPS) is 20.0. The number of nitrogens with two attached hydrogens (primary N) is 1. The molecule has 1 saturated carbocycles. The van der Waals surface area contributed by atoms with Crippen molar-refractivity contribution in [1.29, 1.82) is 0 Å². The molecule has 1 fully saturated rings. The molecule has 140 valence electrons. The Hall–Kier alpha value is -1.76. The van der Waals surface area contributed by atoms with Crippen LogP contribution in [-0.2, 0) is 6.61 Å². The number of nitrogens with zero attached hydrogens (tertiary/aromatic N) is 1. The fourth-order valence-electron chi connectivity index (χ4n) is 3.17. The smallest absolute Gasteiger partial charge is 0.273 e. The standard InChI is InChI=1S/C18H21Cl2N3O3/c19-13-5-3-6-14(20)17(13)25-10-12-8-16(23-26-12)18(24)22-15-7-2-1-4-11(15)9-21/h3,5-6,8,11,15H,1-2,4,7,9-10,21H2,(H,22,24). The highest BCUT2D eigenvalue weighted by Gasteiger charge is 2.26. The Morgan fingerprint density at radius 3 is 2.77 bits per heavy atom. The minimum Gasteiger partial charge on any atom is -0.482 e. The lowest BCUT2D eigenvalue weighted by molar-refractivity contribution is 0.0898. The summed E-state index contributed by atoms with van der Waals surface area (Å²) in [6, 6.07) is 6.73. The molecule has 1 aromatic heterocycles. The van der Waals surface area contributed by atoms with Gasteiger partial charge >= 0.3 is 0 Å². The van der Waals surface area contributed by atoms with Gasteiger partial charge in [-0.3, -0.25) is 4.79 Å². The van der Waals surface area contributed by atoms with Gasteiger partial charge in [-0.15, -0.1) is 0 Å². The van der Waals surface area contributed by atoms with E-state index in [0.29, 0.717) is 34.0 Å². The van der Waals surface area contributed by atoms with Crippen LogP contribution in [-0.4, -0.2) is 23.7 Å². The van der Waals surface area contributed by atoms with E-state index in [1.807, 2.05) is 0 Å². The van der Waals surface area contributed by atoms with E-state index < -0.39 is 0 Å². The lowest BCUT2D eigenvalue weighted by Crippen LogP contribution is -2.44. The maximum Gasteiger partial charge on any atom is 0.273 e. The van der Waals surface area contributed by atoms with Crippen LogP contribution in [0.3, 0.4) is 0 Å². The molecule has 8 heteroatoms. The number of hydrogen-bond donors (Lipinski definition) is 2. The van der Waals surface area contributed by atoms with Crippen molar-refractivity contribution in [3.63, 3.8) is 0 Å². The molecule has 1 amide bonds. The Morgan fingerprint density at radius 1 is 1.31 bits per heavy atom. The number of para-hydroxylation sites is 1. The molecule has 1 aliphatic rings. The number of hydrogen-bond acceptors (Lipinski definition) is 5. The largest absolute Gasteiger partial charge is 0.482 e. The first-order chi connectivity index (χ1) is 12.6. The fourth-order valence-corrected chi connectivity index (χ4v) is 3.68. The maximum atomic E-state index is 12.4. The molecule has 0 aliphatic heterocycles. The van der Waals surface area contributed by atoms with Gasteiger partial charge in [0.2, 0.25) is 0 Å². The van der Waals surface area contributed by atoms with E-state index in [4.69, 9.17) is 38.2 Å². The number of carbonyl (C=O) groups excluding carboxylic acids is 1. The highest BCUT2D eigenvalue weighted by molar-refractivity contribution is 6.37. The van der Waals surface area contributed by atoms with Crippen molar-refractivity contribution in [2.24, 2.45) is 11.7 Å². The van der Waals surface area contributed by atoms with E-state index in [0.717, 1.165) is 25.7 Å². The highest BCUT2D eigenvalue weighted by Crippen LogP contribution is 2.33. The number of nitrogens with one attached hydrogen (secondary N) is 1. The van der Waals surface area contributed by atoms with Crippen LogP contribution in [0.5, 0.6) is 5.75 Å². The molecule has 3 rings (SSSR count). The van der Waals surface area contributed by atoms with E-state index in [2.05, 4.69) is 10.5 Å². The van der Waals surface area contributed by atoms with Gasteiger partial charge in [0.25, 0.3) is 5.91 Å². The summed E-state index contributed by atoms with van der Waals surface area (Å²) in [6.07, 6.45) is 4.23. The monoisotopic (exact) mass is 397 g/mol. The van der Waals surface area contributed by atoms with E-state index >= 15 is 0 Å². The van der Waals surface area contributed by atoms with Gasteiger partial charge in [-0.25, -0.2) is 0 Å². The third-order valence-electron chi connectivity index (χ3n) is 4.60. The Morgan fingerprint density at radius 2 is 2.04 bits per heavy atom. The summed E-state index contributed by atoms with van der Waals surface area (Å²) in [5.74, 6) is 0.822. The lowest BCUT2D eigenvalue weighted by Gasteiger charge is -2.30. The zero-order valence-corrected chi connectivity index (χ0v) is 15.7. The predicted molar refractivity (Wildman–Crippen MR) is 99.6 cm³/mol. The number of aromatic nitrogens is 1.